The molecule has 8 heteroatoms. The van der Waals surface area contributed by atoms with Gasteiger partial charge < -0.3 is 15.8 Å². The van der Waals surface area contributed by atoms with E-state index in [2.05, 4.69) is 10.1 Å². The number of nitrogen functional groups attached to an aromatic ring is 1. The van der Waals surface area contributed by atoms with Crippen molar-refractivity contribution in [1.82, 2.24) is 5.32 Å². The average molecular weight is 283 g/mol. The van der Waals surface area contributed by atoms with Crippen molar-refractivity contribution in [3.05, 3.63) is 29.3 Å². The number of halogens is 2. The van der Waals surface area contributed by atoms with E-state index in [1.165, 1.54) is 0 Å². The number of nitrogens with two attached hydrogens (primary N) is 1. The number of carbonyl (C=O) groups excluding carboxylic acids is 2. The van der Waals surface area contributed by atoms with Gasteiger partial charge in [0.2, 0.25) is 0 Å². The van der Waals surface area contributed by atoms with Crippen LogP contribution in [-0.2, 0) is 9.53 Å². The van der Waals surface area contributed by atoms with Gasteiger partial charge in [-0.3, -0.25) is 4.79 Å². The maximum Gasteiger partial charge on any atom is 0.341 e. The third-order valence-electron chi connectivity index (χ3n) is 2.20. The van der Waals surface area contributed by atoms with Crippen molar-refractivity contribution in [3.8, 4) is 6.07 Å². The van der Waals surface area contributed by atoms with Gasteiger partial charge in [0.1, 0.15) is 11.6 Å². The van der Waals surface area contributed by atoms with E-state index >= 15 is 0 Å². The van der Waals surface area contributed by atoms with Gasteiger partial charge in [0, 0.05) is 12.6 Å². The van der Waals surface area contributed by atoms with Crippen molar-refractivity contribution in [2.24, 2.45) is 0 Å². The van der Waals surface area contributed by atoms with Crippen molar-refractivity contribution in [1.29, 1.82) is 5.26 Å². The van der Waals surface area contributed by atoms with E-state index in [0.717, 1.165) is 0 Å². The number of carbonyl (C=O) groups is 2. The molecular weight excluding hydrogens is 272 g/mol. The van der Waals surface area contributed by atoms with Crippen LogP contribution in [0.15, 0.2) is 12.1 Å². The van der Waals surface area contributed by atoms with Crippen molar-refractivity contribution in [2.45, 2.75) is 6.42 Å². The fraction of sp³-hybridized carbons (Fsp3) is 0.250. The Balaban J connectivity index is 2.58. The number of benzene rings is 1. The van der Waals surface area contributed by atoms with Gasteiger partial charge in [-0.25, -0.2) is 13.6 Å². The molecule has 0 saturated carbocycles. The Kier molecular flexibility index (Phi) is 5.41. The molecule has 0 aliphatic heterocycles. The molecule has 0 aliphatic rings. The van der Waals surface area contributed by atoms with Crippen molar-refractivity contribution >= 4 is 17.6 Å². The lowest BCUT2D eigenvalue weighted by Crippen LogP contribution is -2.29. The van der Waals surface area contributed by atoms with Crippen LogP contribution >= 0.6 is 0 Å². The minimum absolute atomic E-state index is 0.109. The molecule has 0 atom stereocenters. The van der Waals surface area contributed by atoms with Gasteiger partial charge in [0.25, 0.3) is 5.91 Å². The molecule has 20 heavy (non-hydrogen) atoms. The summed E-state index contributed by atoms with van der Waals surface area (Å²) in [5, 5.41) is 10.5. The zero-order valence-electron chi connectivity index (χ0n) is 10.3. The summed E-state index contributed by atoms with van der Waals surface area (Å²) in [6.45, 7) is -0.548. The third-order valence-corrected chi connectivity index (χ3v) is 2.20. The number of esters is 1. The molecule has 0 bridgehead atoms. The number of hydrogen-bond donors (Lipinski definition) is 2. The Bertz CT molecular complexity index is 570. The first-order chi connectivity index (χ1) is 9.45. The maximum absolute atomic E-state index is 13.4. The molecular formula is C12H11F2N3O3. The number of anilines is 1. The first-order valence-corrected chi connectivity index (χ1v) is 5.51. The zero-order valence-corrected chi connectivity index (χ0v) is 10.3. The van der Waals surface area contributed by atoms with Gasteiger partial charge in [-0.2, -0.15) is 5.26 Å². The molecule has 0 heterocycles. The minimum Gasteiger partial charge on any atom is -0.452 e. The molecule has 1 amide bonds. The highest BCUT2D eigenvalue weighted by Gasteiger charge is 2.17. The quantitative estimate of drug-likeness (QED) is 0.471. The molecule has 106 valence electrons. The van der Waals surface area contributed by atoms with Crippen LogP contribution < -0.4 is 11.1 Å². The standard InChI is InChI=1S/C12H11F2N3O3/c13-8-5-10(16)9(14)4-7(8)12(19)20-6-11(18)17-3-1-2-15/h4-5H,1,3,6,16H2,(H,17,18). The van der Waals surface area contributed by atoms with Crippen molar-refractivity contribution < 1.29 is 23.1 Å². The predicted octanol–water partition coefficient (Wildman–Crippen LogP) is 0.734. The molecule has 1 aromatic rings. The summed E-state index contributed by atoms with van der Waals surface area (Å²) in [5.41, 5.74) is 4.03. The third kappa shape index (κ3) is 4.20. The molecule has 0 saturated heterocycles. The summed E-state index contributed by atoms with van der Waals surface area (Å²) < 4.78 is 31.0. The van der Waals surface area contributed by atoms with Gasteiger partial charge in [-0.1, -0.05) is 0 Å². The Morgan fingerprint density at radius 3 is 2.70 bits per heavy atom. The van der Waals surface area contributed by atoms with E-state index in [0.29, 0.717) is 12.1 Å². The topological polar surface area (TPSA) is 105 Å². The first-order valence-electron chi connectivity index (χ1n) is 5.51. The van der Waals surface area contributed by atoms with Gasteiger partial charge in [-0.15, -0.1) is 0 Å². The summed E-state index contributed by atoms with van der Waals surface area (Å²) >= 11 is 0. The van der Waals surface area contributed by atoms with Crippen LogP contribution in [-0.4, -0.2) is 25.0 Å². The fourth-order valence-electron chi connectivity index (χ4n) is 1.24. The monoisotopic (exact) mass is 283 g/mol. The molecule has 0 unspecified atom stereocenters. The van der Waals surface area contributed by atoms with Crippen LogP contribution in [0, 0.1) is 23.0 Å². The van der Waals surface area contributed by atoms with E-state index in [4.69, 9.17) is 11.0 Å². The highest BCUT2D eigenvalue weighted by molar-refractivity contribution is 5.92. The average Bonchev–Trinajstić information content (AvgIpc) is 2.40. The van der Waals surface area contributed by atoms with Crippen molar-refractivity contribution in [3.63, 3.8) is 0 Å². The maximum atomic E-state index is 13.4. The summed E-state index contributed by atoms with van der Waals surface area (Å²) in [6.07, 6.45) is 0.109. The Morgan fingerprint density at radius 2 is 2.05 bits per heavy atom. The van der Waals surface area contributed by atoms with Crippen LogP contribution in [0.1, 0.15) is 16.8 Å². The smallest absolute Gasteiger partial charge is 0.341 e. The highest BCUT2D eigenvalue weighted by Crippen LogP contribution is 2.17. The molecule has 0 fully saturated rings. The number of nitriles is 1. The van der Waals surface area contributed by atoms with E-state index < -0.39 is 41.4 Å². The van der Waals surface area contributed by atoms with Gasteiger partial charge in [-0.05, 0) is 6.07 Å². The van der Waals surface area contributed by atoms with Gasteiger partial charge in [0.05, 0.1) is 23.7 Å². The summed E-state index contributed by atoms with van der Waals surface area (Å²) in [7, 11) is 0. The predicted molar refractivity (Wildman–Crippen MR) is 64.3 cm³/mol. The first kappa shape index (κ1) is 15.4. The van der Waals surface area contributed by atoms with Crippen LogP contribution in [0.4, 0.5) is 14.5 Å². The largest absolute Gasteiger partial charge is 0.452 e. The van der Waals surface area contributed by atoms with Crippen LogP contribution in [0.5, 0.6) is 0 Å². The SMILES string of the molecule is N#CCCNC(=O)COC(=O)c1cc(F)c(N)cc1F. The minimum atomic E-state index is -1.18. The number of nitrogens with one attached hydrogen (secondary N) is 1. The van der Waals surface area contributed by atoms with Crippen molar-refractivity contribution in [2.75, 3.05) is 18.9 Å². The molecule has 1 aromatic carbocycles. The number of amides is 1. The van der Waals surface area contributed by atoms with Crippen LogP contribution in [0.2, 0.25) is 0 Å². The van der Waals surface area contributed by atoms with E-state index in [1.54, 1.807) is 0 Å². The summed E-state index contributed by atoms with van der Waals surface area (Å²) in [5.74, 6) is -3.84. The van der Waals surface area contributed by atoms with E-state index in [-0.39, 0.29) is 13.0 Å². The van der Waals surface area contributed by atoms with Crippen LogP contribution in [0.25, 0.3) is 0 Å². The summed E-state index contributed by atoms with van der Waals surface area (Å²) in [6, 6.07) is 3.06. The number of nitrogens with zero attached hydrogens (tertiary/aromatic N) is 1. The second-order valence-corrected chi connectivity index (χ2v) is 3.69. The van der Waals surface area contributed by atoms with Gasteiger partial charge in [0.15, 0.2) is 6.61 Å². The zero-order chi connectivity index (χ0) is 15.1. The molecule has 0 spiro atoms. The summed E-state index contributed by atoms with van der Waals surface area (Å²) in [4.78, 5) is 22.6. The Morgan fingerprint density at radius 1 is 1.35 bits per heavy atom. The lowest BCUT2D eigenvalue weighted by molar-refractivity contribution is -0.124. The molecule has 0 aromatic heterocycles. The molecule has 0 aliphatic carbocycles. The second kappa shape index (κ2) is 7.04. The Labute approximate surface area is 113 Å². The number of rotatable bonds is 5. The second-order valence-electron chi connectivity index (χ2n) is 3.69. The lowest BCUT2D eigenvalue weighted by Gasteiger charge is -2.07. The molecule has 3 N–H and O–H groups in total. The number of ether oxygens (including phenoxy) is 1. The van der Waals surface area contributed by atoms with E-state index in [9.17, 15) is 18.4 Å². The molecule has 0 radical (unpaired) electrons. The Hall–Kier alpha value is -2.69. The lowest BCUT2D eigenvalue weighted by atomic mass is 10.2. The number of hydrogen-bond acceptors (Lipinski definition) is 5. The van der Waals surface area contributed by atoms with E-state index in [1.807, 2.05) is 6.07 Å². The van der Waals surface area contributed by atoms with Gasteiger partial charge >= 0.3 is 5.97 Å². The highest BCUT2D eigenvalue weighted by atomic mass is 19.1. The fourth-order valence-corrected chi connectivity index (χ4v) is 1.24. The normalized spacial score (nSPS) is 9.65. The molecule has 6 nitrogen and oxygen atoms in total. The molecule has 1 rings (SSSR count). The van der Waals surface area contributed by atoms with Crippen LogP contribution in [0.3, 0.4) is 0 Å².